The summed E-state index contributed by atoms with van der Waals surface area (Å²) in [5.74, 6) is 0. The van der Waals surface area contributed by atoms with E-state index >= 15 is 0 Å². The van der Waals surface area contributed by atoms with Crippen LogP contribution in [0.15, 0.2) is 21.3 Å². The number of hydrogen-bond acceptors (Lipinski definition) is 4. The van der Waals surface area contributed by atoms with Crippen LogP contribution in [-0.4, -0.2) is 14.9 Å². The van der Waals surface area contributed by atoms with Crippen LogP contribution in [0.25, 0.3) is 11.0 Å². The Labute approximate surface area is 107 Å². The second-order valence-electron chi connectivity index (χ2n) is 3.14. The van der Waals surface area contributed by atoms with Crippen molar-refractivity contribution in [3.8, 4) is 0 Å². The molecule has 5 nitrogen and oxygen atoms in total. The van der Waals surface area contributed by atoms with Crippen LogP contribution in [0.4, 0.5) is 5.69 Å². The van der Waals surface area contributed by atoms with Crippen molar-refractivity contribution in [2.75, 3.05) is 0 Å². The van der Waals surface area contributed by atoms with E-state index in [1.165, 1.54) is 6.07 Å². The van der Waals surface area contributed by atoms with E-state index in [0.717, 1.165) is 0 Å². The molecule has 0 saturated carbocycles. The van der Waals surface area contributed by atoms with Gasteiger partial charge in [-0.3, -0.25) is 10.1 Å². The normalized spacial score (nSPS) is 10.7. The van der Waals surface area contributed by atoms with Gasteiger partial charge in [0, 0.05) is 6.07 Å². The first kappa shape index (κ1) is 11.4. The standard InChI is InChI=1S/C9H5Br2N3O2/c1-4-6(14(15)16)3-2-5-7(4)13-9(11)8(10)12-5/h2-3H,1H3. The lowest BCUT2D eigenvalue weighted by atomic mass is 10.1. The Morgan fingerprint density at radius 1 is 1.25 bits per heavy atom. The Bertz CT molecular complexity index is 601. The van der Waals surface area contributed by atoms with Crippen molar-refractivity contribution < 1.29 is 4.92 Å². The molecule has 82 valence electrons. The molecule has 0 bridgehead atoms. The monoisotopic (exact) mass is 345 g/mol. The quantitative estimate of drug-likeness (QED) is 0.586. The number of nitro benzene ring substituents is 1. The maximum absolute atomic E-state index is 10.8. The number of aromatic nitrogens is 2. The fraction of sp³-hybridized carbons (Fsp3) is 0.111. The summed E-state index contributed by atoms with van der Waals surface area (Å²) in [6.45, 7) is 1.66. The van der Waals surface area contributed by atoms with Gasteiger partial charge in [0.1, 0.15) is 9.21 Å². The van der Waals surface area contributed by atoms with E-state index in [-0.39, 0.29) is 5.69 Å². The molecule has 7 heteroatoms. The molecule has 16 heavy (non-hydrogen) atoms. The molecule has 0 atom stereocenters. The molecule has 0 N–H and O–H groups in total. The molecule has 0 saturated heterocycles. The molecule has 1 aromatic heterocycles. The van der Waals surface area contributed by atoms with Crippen molar-refractivity contribution >= 4 is 48.6 Å². The summed E-state index contributed by atoms with van der Waals surface area (Å²) >= 11 is 6.46. The molecule has 1 heterocycles. The molecular weight excluding hydrogens is 342 g/mol. The van der Waals surface area contributed by atoms with E-state index in [9.17, 15) is 10.1 Å². The smallest absolute Gasteiger partial charge is 0.258 e. The van der Waals surface area contributed by atoms with Gasteiger partial charge in [0.2, 0.25) is 0 Å². The van der Waals surface area contributed by atoms with Crippen LogP contribution >= 0.6 is 31.9 Å². The average molecular weight is 347 g/mol. The zero-order valence-corrected chi connectivity index (χ0v) is 11.2. The highest BCUT2D eigenvalue weighted by molar-refractivity contribution is 9.13. The first-order valence-corrected chi connectivity index (χ1v) is 5.86. The second-order valence-corrected chi connectivity index (χ2v) is 4.64. The first-order valence-electron chi connectivity index (χ1n) is 4.27. The molecule has 2 aromatic rings. The average Bonchev–Trinajstić information content (AvgIpc) is 2.21. The maximum Gasteiger partial charge on any atom is 0.274 e. The second kappa shape index (κ2) is 4.06. The molecule has 0 aliphatic carbocycles. The number of benzene rings is 1. The number of nitro groups is 1. The molecule has 0 aliphatic heterocycles. The number of nitrogens with zero attached hydrogens (tertiary/aromatic N) is 3. The minimum absolute atomic E-state index is 0.0519. The summed E-state index contributed by atoms with van der Waals surface area (Å²) in [5.41, 5.74) is 1.72. The third-order valence-corrected chi connectivity index (χ3v) is 3.81. The van der Waals surface area contributed by atoms with Crippen molar-refractivity contribution in [3.63, 3.8) is 0 Å². The molecule has 0 radical (unpaired) electrons. The number of aryl methyl sites for hydroxylation is 1. The lowest BCUT2D eigenvalue weighted by molar-refractivity contribution is -0.385. The highest BCUT2D eigenvalue weighted by Gasteiger charge is 2.15. The van der Waals surface area contributed by atoms with Crippen LogP contribution < -0.4 is 0 Å². The number of hydrogen-bond donors (Lipinski definition) is 0. The van der Waals surface area contributed by atoms with E-state index in [1.807, 2.05) is 0 Å². The zero-order valence-electron chi connectivity index (χ0n) is 8.07. The number of halogens is 2. The molecule has 0 fully saturated rings. The van der Waals surface area contributed by atoms with Crippen LogP contribution in [0, 0.1) is 17.0 Å². The summed E-state index contributed by atoms with van der Waals surface area (Å²) in [6.07, 6.45) is 0. The van der Waals surface area contributed by atoms with Gasteiger partial charge >= 0.3 is 0 Å². The van der Waals surface area contributed by atoms with E-state index < -0.39 is 4.92 Å². The SMILES string of the molecule is Cc1c([N+](=O)[O-])ccc2nc(Br)c(Br)nc12. The summed E-state index contributed by atoms with van der Waals surface area (Å²) in [7, 11) is 0. The molecular formula is C9H5Br2N3O2. The molecule has 2 rings (SSSR count). The molecule has 0 aliphatic rings. The predicted molar refractivity (Wildman–Crippen MR) is 66.3 cm³/mol. The van der Waals surface area contributed by atoms with Gasteiger partial charge in [-0.2, -0.15) is 0 Å². The first-order chi connectivity index (χ1) is 7.50. The summed E-state index contributed by atoms with van der Waals surface area (Å²) < 4.78 is 1.11. The van der Waals surface area contributed by atoms with Gasteiger partial charge in [-0.05, 0) is 44.8 Å². The number of fused-ring (bicyclic) bond motifs is 1. The van der Waals surface area contributed by atoms with Crippen molar-refractivity contribution in [1.29, 1.82) is 0 Å². The third kappa shape index (κ3) is 1.80. The van der Waals surface area contributed by atoms with Crippen molar-refractivity contribution in [2.24, 2.45) is 0 Å². The third-order valence-electron chi connectivity index (χ3n) is 2.18. The van der Waals surface area contributed by atoms with E-state index in [1.54, 1.807) is 13.0 Å². The van der Waals surface area contributed by atoms with Crippen LogP contribution in [0.1, 0.15) is 5.56 Å². The molecule has 0 amide bonds. The Kier molecular flexibility index (Phi) is 2.90. The van der Waals surface area contributed by atoms with Gasteiger partial charge in [0.25, 0.3) is 5.69 Å². The highest BCUT2D eigenvalue weighted by Crippen LogP contribution is 2.28. The van der Waals surface area contributed by atoms with Gasteiger partial charge in [-0.25, -0.2) is 9.97 Å². The maximum atomic E-state index is 10.8. The predicted octanol–water partition coefficient (Wildman–Crippen LogP) is 3.37. The van der Waals surface area contributed by atoms with Crippen molar-refractivity contribution in [2.45, 2.75) is 6.92 Å². The summed E-state index contributed by atoms with van der Waals surface area (Å²) in [5, 5.41) is 10.8. The van der Waals surface area contributed by atoms with Crippen LogP contribution in [0.5, 0.6) is 0 Å². The minimum atomic E-state index is -0.424. The minimum Gasteiger partial charge on any atom is -0.258 e. The summed E-state index contributed by atoms with van der Waals surface area (Å²) in [6, 6.07) is 3.03. The van der Waals surface area contributed by atoms with Gasteiger partial charge in [0.05, 0.1) is 21.5 Å². The van der Waals surface area contributed by atoms with Gasteiger partial charge in [-0.1, -0.05) is 0 Å². The van der Waals surface area contributed by atoms with Gasteiger partial charge in [0.15, 0.2) is 0 Å². The number of rotatable bonds is 1. The zero-order chi connectivity index (χ0) is 11.9. The topological polar surface area (TPSA) is 68.9 Å². The van der Waals surface area contributed by atoms with E-state index in [0.29, 0.717) is 25.8 Å². The van der Waals surface area contributed by atoms with Crippen LogP contribution in [-0.2, 0) is 0 Å². The van der Waals surface area contributed by atoms with Crippen molar-refractivity contribution in [1.82, 2.24) is 9.97 Å². The summed E-state index contributed by atoms with van der Waals surface area (Å²) in [4.78, 5) is 18.8. The Balaban J connectivity index is 2.84. The highest BCUT2D eigenvalue weighted by atomic mass is 79.9. The Morgan fingerprint density at radius 2 is 1.88 bits per heavy atom. The lowest BCUT2D eigenvalue weighted by Crippen LogP contribution is -1.96. The van der Waals surface area contributed by atoms with Gasteiger partial charge in [-0.15, -0.1) is 0 Å². The Hall–Kier alpha value is -1.08. The van der Waals surface area contributed by atoms with E-state index in [2.05, 4.69) is 41.8 Å². The fourth-order valence-corrected chi connectivity index (χ4v) is 1.95. The molecule has 1 aromatic carbocycles. The fourth-order valence-electron chi connectivity index (χ4n) is 1.40. The van der Waals surface area contributed by atoms with Crippen molar-refractivity contribution in [3.05, 3.63) is 37.0 Å². The molecule has 0 unspecified atom stereocenters. The van der Waals surface area contributed by atoms with E-state index in [4.69, 9.17) is 0 Å². The van der Waals surface area contributed by atoms with Gasteiger partial charge < -0.3 is 0 Å². The van der Waals surface area contributed by atoms with Crippen LogP contribution in [0.3, 0.4) is 0 Å². The largest absolute Gasteiger partial charge is 0.274 e. The Morgan fingerprint density at radius 3 is 2.50 bits per heavy atom. The lowest BCUT2D eigenvalue weighted by Gasteiger charge is -2.03. The molecule has 0 spiro atoms. The van der Waals surface area contributed by atoms with Crippen LogP contribution in [0.2, 0.25) is 0 Å².